The summed E-state index contributed by atoms with van der Waals surface area (Å²) >= 11 is 0. The van der Waals surface area contributed by atoms with Crippen molar-refractivity contribution >= 4 is 56.7 Å². The Labute approximate surface area is 154 Å². The Morgan fingerprint density at radius 3 is 1.72 bits per heavy atom. The maximum Gasteiger partial charge on any atom is 0.263 e. The van der Waals surface area contributed by atoms with E-state index in [-0.39, 0.29) is 27.1 Å². The highest BCUT2D eigenvalue weighted by Gasteiger charge is 2.15. The first-order chi connectivity index (χ1) is 11.4. The monoisotopic (exact) mass is 424 g/mol. The number of benzene rings is 2. The van der Waals surface area contributed by atoms with Crippen molar-refractivity contribution in [1.82, 2.24) is 0 Å². The molecule has 2 rings (SSSR count). The zero-order valence-corrected chi connectivity index (χ0v) is 16.0. The third kappa shape index (κ3) is 6.91. The lowest BCUT2D eigenvalue weighted by molar-refractivity contribution is -0.114. The van der Waals surface area contributed by atoms with E-state index in [1.54, 1.807) is 18.2 Å². The lowest BCUT2D eigenvalue weighted by atomic mass is 10.3. The molecule has 136 valence electrons. The number of nitrogens with two attached hydrogens (primary N) is 1. The molecule has 0 bridgehead atoms. The Morgan fingerprint density at radius 1 is 0.880 bits per heavy atom. The third-order valence-corrected chi connectivity index (χ3v) is 5.42. The van der Waals surface area contributed by atoms with Crippen LogP contribution in [0.25, 0.3) is 0 Å². The first-order valence-electron chi connectivity index (χ1n) is 6.53. The van der Waals surface area contributed by atoms with Gasteiger partial charge >= 0.3 is 0 Å². The van der Waals surface area contributed by atoms with E-state index in [1.165, 1.54) is 37.3 Å². The molecule has 0 unspecified atom stereocenters. The van der Waals surface area contributed by atoms with E-state index in [4.69, 9.17) is 27.1 Å². The van der Waals surface area contributed by atoms with Crippen molar-refractivity contribution in [3.8, 4) is 0 Å². The minimum atomic E-state index is -3.82. The number of carbonyl (C=O) groups is 1. The predicted molar refractivity (Wildman–Crippen MR) is 97.7 cm³/mol. The summed E-state index contributed by atoms with van der Waals surface area (Å²) in [5.74, 6) is -0.349. The molecule has 0 atom stereocenters. The van der Waals surface area contributed by atoms with Crippen LogP contribution < -0.4 is 11.1 Å². The van der Waals surface area contributed by atoms with E-state index in [9.17, 15) is 21.6 Å². The molecule has 0 aliphatic heterocycles. The SMILES string of the molecule is CC(=O)Nc1ccccc1S(=O)(=O)Cl.Nc1ccccc1S(=O)(=O)Cl. The van der Waals surface area contributed by atoms with Crippen LogP contribution in [-0.4, -0.2) is 22.7 Å². The Bertz CT molecular complexity index is 976. The second-order valence-corrected chi connectivity index (χ2v) is 9.66. The van der Waals surface area contributed by atoms with Crippen LogP contribution in [0.4, 0.5) is 11.4 Å². The molecule has 1 amide bonds. The third-order valence-electron chi connectivity index (χ3n) is 2.64. The van der Waals surface area contributed by atoms with E-state index >= 15 is 0 Å². The molecule has 0 spiro atoms. The van der Waals surface area contributed by atoms with Crippen LogP contribution in [0.5, 0.6) is 0 Å². The molecule has 0 saturated carbocycles. The zero-order chi connectivity index (χ0) is 19.3. The Morgan fingerprint density at radius 2 is 1.32 bits per heavy atom. The van der Waals surface area contributed by atoms with Crippen molar-refractivity contribution in [1.29, 1.82) is 0 Å². The van der Waals surface area contributed by atoms with Gasteiger partial charge in [-0.1, -0.05) is 24.3 Å². The topological polar surface area (TPSA) is 123 Å². The van der Waals surface area contributed by atoms with Gasteiger partial charge < -0.3 is 11.1 Å². The van der Waals surface area contributed by atoms with E-state index in [0.717, 1.165) is 0 Å². The number of hydrogen-bond acceptors (Lipinski definition) is 6. The van der Waals surface area contributed by atoms with Gasteiger partial charge in [0.1, 0.15) is 9.79 Å². The number of hydrogen-bond donors (Lipinski definition) is 2. The number of rotatable bonds is 3. The molecule has 0 aliphatic rings. The van der Waals surface area contributed by atoms with Crippen LogP contribution in [-0.2, 0) is 22.9 Å². The molecular weight excluding hydrogens is 411 g/mol. The van der Waals surface area contributed by atoms with Crippen molar-refractivity contribution in [2.24, 2.45) is 0 Å². The molecule has 0 heterocycles. The van der Waals surface area contributed by atoms with E-state index in [1.807, 2.05) is 0 Å². The van der Waals surface area contributed by atoms with Gasteiger partial charge in [-0.3, -0.25) is 4.79 Å². The first kappa shape index (κ1) is 21.2. The summed E-state index contributed by atoms with van der Waals surface area (Å²) in [6.45, 7) is 1.29. The molecule has 11 heteroatoms. The molecule has 0 saturated heterocycles. The van der Waals surface area contributed by atoms with Gasteiger partial charge in [0, 0.05) is 28.3 Å². The van der Waals surface area contributed by atoms with Gasteiger partial charge in [-0.25, -0.2) is 16.8 Å². The van der Waals surface area contributed by atoms with Gasteiger partial charge in [-0.2, -0.15) is 0 Å². The van der Waals surface area contributed by atoms with Crippen LogP contribution in [0.3, 0.4) is 0 Å². The average Bonchev–Trinajstić information content (AvgIpc) is 2.46. The molecule has 0 fully saturated rings. The van der Waals surface area contributed by atoms with Gasteiger partial charge in [0.05, 0.1) is 11.4 Å². The molecule has 0 radical (unpaired) electrons. The van der Waals surface area contributed by atoms with E-state index in [2.05, 4.69) is 5.32 Å². The standard InChI is InChI=1S/C8H8ClNO3S.C6H6ClNO2S/c1-6(11)10-7-4-2-3-5-8(7)14(9,12)13;7-11(9,10)6-4-2-1-3-5(6)8/h2-5H,1H3,(H,10,11);1-4H,8H2. The lowest BCUT2D eigenvalue weighted by Gasteiger charge is -2.05. The number of para-hydroxylation sites is 2. The van der Waals surface area contributed by atoms with Crippen LogP contribution in [0, 0.1) is 0 Å². The summed E-state index contributed by atoms with van der Waals surface area (Å²) in [4.78, 5) is 10.6. The molecule has 2 aromatic carbocycles. The molecule has 2 aromatic rings. The van der Waals surface area contributed by atoms with Gasteiger partial charge in [0.25, 0.3) is 18.1 Å². The highest BCUT2D eigenvalue weighted by molar-refractivity contribution is 8.14. The van der Waals surface area contributed by atoms with E-state index < -0.39 is 18.1 Å². The van der Waals surface area contributed by atoms with Gasteiger partial charge in [0.2, 0.25) is 5.91 Å². The Hall–Kier alpha value is -1.81. The summed E-state index contributed by atoms with van der Waals surface area (Å²) in [5.41, 5.74) is 5.70. The van der Waals surface area contributed by atoms with E-state index in [0.29, 0.717) is 0 Å². The second-order valence-electron chi connectivity index (χ2n) is 4.59. The predicted octanol–water partition coefficient (Wildman–Crippen LogP) is 2.77. The number of nitrogens with one attached hydrogen (secondary N) is 1. The van der Waals surface area contributed by atoms with Gasteiger partial charge in [0.15, 0.2) is 0 Å². The smallest absolute Gasteiger partial charge is 0.263 e. The normalized spacial score (nSPS) is 11.2. The maximum absolute atomic E-state index is 11.0. The summed E-state index contributed by atoms with van der Waals surface area (Å²) in [5, 5.41) is 2.38. The number of halogens is 2. The van der Waals surface area contributed by atoms with Crippen molar-refractivity contribution < 1.29 is 21.6 Å². The fourth-order valence-corrected chi connectivity index (χ4v) is 3.71. The number of carbonyl (C=O) groups excluding carboxylic acids is 1. The first-order valence-corrected chi connectivity index (χ1v) is 11.1. The summed E-state index contributed by atoms with van der Waals surface area (Å²) in [7, 11) is 2.72. The summed E-state index contributed by atoms with van der Waals surface area (Å²) < 4.78 is 43.6. The van der Waals surface area contributed by atoms with Crippen LogP contribution >= 0.6 is 21.4 Å². The number of amides is 1. The lowest BCUT2D eigenvalue weighted by Crippen LogP contribution is -2.08. The molecule has 3 N–H and O–H groups in total. The van der Waals surface area contributed by atoms with Crippen molar-refractivity contribution in [3.05, 3.63) is 48.5 Å². The highest BCUT2D eigenvalue weighted by Crippen LogP contribution is 2.24. The van der Waals surface area contributed by atoms with Crippen molar-refractivity contribution in [2.75, 3.05) is 11.1 Å². The number of nitrogen functional groups attached to an aromatic ring is 1. The Kier molecular flexibility index (Phi) is 7.24. The molecule has 0 aromatic heterocycles. The summed E-state index contributed by atoms with van der Waals surface area (Å²) in [6.07, 6.45) is 0. The fourth-order valence-electron chi connectivity index (χ4n) is 1.67. The van der Waals surface area contributed by atoms with Crippen LogP contribution in [0.2, 0.25) is 0 Å². The zero-order valence-electron chi connectivity index (χ0n) is 12.8. The molecule has 0 aliphatic carbocycles. The minimum absolute atomic E-state index is 0.0401. The van der Waals surface area contributed by atoms with Gasteiger partial charge in [-0.15, -0.1) is 0 Å². The second kappa shape index (κ2) is 8.52. The summed E-state index contributed by atoms with van der Waals surface area (Å²) in [6, 6.07) is 12.0. The molecule has 25 heavy (non-hydrogen) atoms. The van der Waals surface area contributed by atoms with Crippen molar-refractivity contribution in [3.63, 3.8) is 0 Å². The number of anilines is 2. The molecule has 7 nitrogen and oxygen atoms in total. The van der Waals surface area contributed by atoms with Crippen LogP contribution in [0.15, 0.2) is 58.3 Å². The Balaban J connectivity index is 0.000000257. The minimum Gasteiger partial charge on any atom is -0.398 e. The average molecular weight is 425 g/mol. The maximum atomic E-state index is 11.0. The largest absolute Gasteiger partial charge is 0.398 e. The molecular formula is C14H14Cl2N2O5S2. The fraction of sp³-hybridized carbons (Fsp3) is 0.0714. The van der Waals surface area contributed by atoms with Gasteiger partial charge in [-0.05, 0) is 24.3 Å². The highest BCUT2D eigenvalue weighted by atomic mass is 35.7. The van der Waals surface area contributed by atoms with Crippen molar-refractivity contribution in [2.45, 2.75) is 16.7 Å². The quantitative estimate of drug-likeness (QED) is 0.576. The van der Waals surface area contributed by atoms with Crippen LogP contribution in [0.1, 0.15) is 6.92 Å².